The van der Waals surface area contributed by atoms with Crippen molar-refractivity contribution in [2.75, 3.05) is 6.61 Å². The van der Waals surface area contributed by atoms with Crippen LogP contribution in [-0.4, -0.2) is 6.61 Å². The lowest BCUT2D eigenvalue weighted by molar-refractivity contribution is 0.347. The van der Waals surface area contributed by atoms with Crippen LogP contribution in [0.15, 0.2) is 18.2 Å². The number of halogens is 2. The standard InChI is InChI=1S/C19H22F2O/c1-2-3-11-4-5-13-12(11)6-7-14(13)15-8-9-16(17-10-22-17)19(21)18(15)20/h7-9,11-13,17H,2-6,10H2,1H3/t11?,12-,13+,17?/m0/s1. The summed E-state index contributed by atoms with van der Waals surface area (Å²) in [6, 6.07) is 3.47. The molecule has 4 atom stereocenters. The Hall–Kier alpha value is -1.22. The van der Waals surface area contributed by atoms with Crippen LogP contribution < -0.4 is 0 Å². The van der Waals surface area contributed by atoms with Crippen molar-refractivity contribution >= 4 is 5.57 Å². The third kappa shape index (κ3) is 2.21. The molecule has 0 bridgehead atoms. The number of ether oxygens (including phenoxy) is 1. The second-order valence-electron chi connectivity index (χ2n) is 6.94. The number of allylic oxidation sites excluding steroid dienone is 2. The molecule has 1 heterocycles. The fourth-order valence-electron chi connectivity index (χ4n) is 4.61. The van der Waals surface area contributed by atoms with Gasteiger partial charge in [-0.15, -0.1) is 0 Å². The maximum Gasteiger partial charge on any atom is 0.166 e. The number of fused-ring (bicyclic) bond motifs is 1. The van der Waals surface area contributed by atoms with Crippen molar-refractivity contribution < 1.29 is 13.5 Å². The molecule has 0 aromatic heterocycles. The molecule has 4 rings (SSSR count). The zero-order chi connectivity index (χ0) is 15.3. The predicted molar refractivity (Wildman–Crippen MR) is 82.3 cm³/mol. The van der Waals surface area contributed by atoms with E-state index in [4.69, 9.17) is 4.74 Å². The third-order valence-corrected chi connectivity index (χ3v) is 5.74. The summed E-state index contributed by atoms with van der Waals surface area (Å²) in [6.45, 7) is 2.73. The van der Waals surface area contributed by atoms with E-state index in [9.17, 15) is 8.78 Å². The zero-order valence-corrected chi connectivity index (χ0v) is 12.9. The highest BCUT2D eigenvalue weighted by Crippen LogP contribution is 2.52. The molecule has 1 aliphatic heterocycles. The number of epoxide rings is 1. The van der Waals surface area contributed by atoms with E-state index in [1.54, 1.807) is 12.1 Å². The molecule has 22 heavy (non-hydrogen) atoms. The van der Waals surface area contributed by atoms with E-state index < -0.39 is 11.6 Å². The lowest BCUT2D eigenvalue weighted by Crippen LogP contribution is -2.11. The fraction of sp³-hybridized carbons (Fsp3) is 0.579. The molecule has 0 amide bonds. The molecule has 0 spiro atoms. The monoisotopic (exact) mass is 304 g/mol. The average Bonchev–Trinajstić information content (AvgIpc) is 3.15. The fourth-order valence-corrected chi connectivity index (χ4v) is 4.61. The normalized spacial score (nSPS) is 33.0. The van der Waals surface area contributed by atoms with Gasteiger partial charge in [-0.3, -0.25) is 0 Å². The summed E-state index contributed by atoms with van der Waals surface area (Å²) in [5, 5.41) is 0. The molecule has 1 nitrogen and oxygen atoms in total. The van der Waals surface area contributed by atoms with Gasteiger partial charge in [-0.25, -0.2) is 8.78 Å². The second kappa shape index (κ2) is 5.45. The van der Waals surface area contributed by atoms with Gasteiger partial charge in [0, 0.05) is 11.1 Å². The lowest BCUT2D eigenvalue weighted by Gasteiger charge is -2.20. The quantitative estimate of drug-likeness (QED) is 0.691. The Labute approximate surface area is 130 Å². The maximum absolute atomic E-state index is 14.5. The molecule has 1 aromatic carbocycles. The van der Waals surface area contributed by atoms with Crippen molar-refractivity contribution in [3.05, 3.63) is 41.0 Å². The Morgan fingerprint density at radius 1 is 1.18 bits per heavy atom. The summed E-state index contributed by atoms with van der Waals surface area (Å²) in [5.41, 5.74) is 1.89. The first-order valence-corrected chi connectivity index (χ1v) is 8.50. The van der Waals surface area contributed by atoms with Gasteiger partial charge in [0.05, 0.1) is 6.61 Å². The van der Waals surface area contributed by atoms with Crippen molar-refractivity contribution in [3.63, 3.8) is 0 Å². The first-order chi connectivity index (χ1) is 10.7. The molecule has 3 aliphatic rings. The van der Waals surface area contributed by atoms with E-state index >= 15 is 0 Å². The van der Waals surface area contributed by atoms with Crippen LogP contribution in [0, 0.1) is 29.4 Å². The first-order valence-electron chi connectivity index (χ1n) is 8.50. The van der Waals surface area contributed by atoms with E-state index in [-0.39, 0.29) is 6.10 Å². The smallest absolute Gasteiger partial charge is 0.166 e. The molecular weight excluding hydrogens is 282 g/mol. The van der Waals surface area contributed by atoms with Crippen LogP contribution in [0.4, 0.5) is 8.78 Å². The van der Waals surface area contributed by atoms with Gasteiger partial charge < -0.3 is 4.74 Å². The van der Waals surface area contributed by atoms with Crippen LogP contribution in [0.5, 0.6) is 0 Å². The Bertz CT molecular complexity index is 618. The number of rotatable bonds is 4. The Morgan fingerprint density at radius 2 is 2.00 bits per heavy atom. The van der Waals surface area contributed by atoms with Crippen LogP contribution in [0.3, 0.4) is 0 Å². The van der Waals surface area contributed by atoms with Crippen LogP contribution in [0.25, 0.3) is 5.57 Å². The van der Waals surface area contributed by atoms with E-state index in [1.165, 1.54) is 19.3 Å². The molecule has 2 fully saturated rings. The van der Waals surface area contributed by atoms with Crippen molar-refractivity contribution in [2.24, 2.45) is 17.8 Å². The summed E-state index contributed by atoms with van der Waals surface area (Å²) in [6.07, 6.45) is 7.77. The van der Waals surface area contributed by atoms with Gasteiger partial charge in [0.15, 0.2) is 11.6 Å². The predicted octanol–water partition coefficient (Wildman–Crippen LogP) is 5.27. The molecule has 0 radical (unpaired) electrons. The summed E-state index contributed by atoms with van der Waals surface area (Å²) in [5.74, 6) is 0.430. The van der Waals surface area contributed by atoms with Gasteiger partial charge in [-0.2, -0.15) is 0 Å². The van der Waals surface area contributed by atoms with Gasteiger partial charge in [-0.1, -0.05) is 38.0 Å². The lowest BCUT2D eigenvalue weighted by atomic mass is 9.85. The van der Waals surface area contributed by atoms with Gasteiger partial charge in [-0.05, 0) is 42.6 Å². The topological polar surface area (TPSA) is 12.5 Å². The van der Waals surface area contributed by atoms with E-state index in [0.29, 0.717) is 29.6 Å². The molecule has 0 N–H and O–H groups in total. The van der Waals surface area contributed by atoms with E-state index in [1.807, 2.05) is 0 Å². The zero-order valence-electron chi connectivity index (χ0n) is 12.9. The van der Waals surface area contributed by atoms with Crippen molar-refractivity contribution in [3.8, 4) is 0 Å². The number of hydrogen-bond donors (Lipinski definition) is 0. The highest BCUT2D eigenvalue weighted by molar-refractivity contribution is 5.71. The summed E-state index contributed by atoms with van der Waals surface area (Å²) in [4.78, 5) is 0. The SMILES string of the molecule is CCCC1CC[C@H]2C(c3ccc(C4CO4)c(F)c3F)=CC[C@@H]12. The highest BCUT2D eigenvalue weighted by atomic mass is 19.2. The molecule has 1 aromatic rings. The van der Waals surface area contributed by atoms with Crippen molar-refractivity contribution in [1.82, 2.24) is 0 Å². The third-order valence-electron chi connectivity index (χ3n) is 5.74. The minimum atomic E-state index is -0.715. The Kier molecular flexibility index (Phi) is 3.56. The van der Waals surface area contributed by atoms with Crippen LogP contribution in [0.1, 0.15) is 56.3 Å². The Morgan fingerprint density at radius 3 is 2.73 bits per heavy atom. The highest BCUT2D eigenvalue weighted by Gasteiger charge is 2.41. The van der Waals surface area contributed by atoms with Crippen molar-refractivity contribution in [2.45, 2.75) is 45.1 Å². The second-order valence-corrected chi connectivity index (χ2v) is 6.94. The molecule has 1 saturated heterocycles. The van der Waals surface area contributed by atoms with Crippen LogP contribution in [-0.2, 0) is 4.74 Å². The minimum absolute atomic E-state index is 0.241. The number of hydrogen-bond acceptors (Lipinski definition) is 1. The van der Waals surface area contributed by atoms with E-state index in [2.05, 4.69) is 13.0 Å². The van der Waals surface area contributed by atoms with E-state index in [0.717, 1.165) is 24.3 Å². The van der Waals surface area contributed by atoms with Gasteiger partial charge in [0.1, 0.15) is 6.10 Å². The number of benzene rings is 1. The van der Waals surface area contributed by atoms with Crippen LogP contribution in [0.2, 0.25) is 0 Å². The van der Waals surface area contributed by atoms with Gasteiger partial charge in [0.2, 0.25) is 0 Å². The average molecular weight is 304 g/mol. The molecule has 1 saturated carbocycles. The van der Waals surface area contributed by atoms with Crippen LogP contribution >= 0.6 is 0 Å². The summed E-state index contributed by atoms with van der Waals surface area (Å²) < 4.78 is 33.9. The summed E-state index contributed by atoms with van der Waals surface area (Å²) in [7, 11) is 0. The van der Waals surface area contributed by atoms with Gasteiger partial charge in [0.25, 0.3) is 0 Å². The molecule has 2 unspecified atom stereocenters. The minimum Gasteiger partial charge on any atom is -0.368 e. The molecular formula is C19H22F2O. The largest absolute Gasteiger partial charge is 0.368 e. The van der Waals surface area contributed by atoms with Gasteiger partial charge >= 0.3 is 0 Å². The molecule has 3 heteroatoms. The first kappa shape index (κ1) is 14.4. The summed E-state index contributed by atoms with van der Waals surface area (Å²) >= 11 is 0. The molecule has 118 valence electrons. The maximum atomic E-state index is 14.5. The molecule has 2 aliphatic carbocycles. The Balaban J connectivity index is 1.62. The van der Waals surface area contributed by atoms with Crippen molar-refractivity contribution in [1.29, 1.82) is 0 Å².